The van der Waals surface area contributed by atoms with Gasteiger partial charge in [-0.2, -0.15) is 0 Å². The summed E-state index contributed by atoms with van der Waals surface area (Å²) in [4.78, 5) is 21.4. The van der Waals surface area contributed by atoms with Gasteiger partial charge in [0.25, 0.3) is 0 Å². The number of thiazole rings is 1. The fourth-order valence-corrected chi connectivity index (χ4v) is 4.21. The maximum atomic E-state index is 13.8. The first-order valence-corrected chi connectivity index (χ1v) is 10.3. The monoisotopic (exact) mass is 395 g/mol. The average Bonchev–Trinajstić information content (AvgIpc) is 3.19. The van der Waals surface area contributed by atoms with Crippen LogP contribution in [0.1, 0.15) is 11.3 Å². The van der Waals surface area contributed by atoms with Gasteiger partial charge in [0.2, 0.25) is 5.91 Å². The molecule has 0 unspecified atom stereocenters. The number of amides is 1. The Labute approximate surface area is 168 Å². The van der Waals surface area contributed by atoms with Crippen molar-refractivity contribution in [3.05, 3.63) is 77.1 Å². The summed E-state index contributed by atoms with van der Waals surface area (Å²) in [5.41, 5.74) is 2.67. The van der Waals surface area contributed by atoms with E-state index in [-0.39, 0.29) is 18.1 Å². The number of carbonyl (C=O) groups excluding carboxylic acids is 1. The number of hydrogen-bond donors (Lipinski definition) is 0. The number of benzene rings is 2. The molecule has 2 heterocycles. The van der Waals surface area contributed by atoms with Crippen molar-refractivity contribution in [2.45, 2.75) is 13.0 Å². The highest BCUT2D eigenvalue weighted by molar-refractivity contribution is 7.13. The van der Waals surface area contributed by atoms with Crippen LogP contribution in [-0.2, 0) is 17.8 Å². The Kier molecular flexibility index (Phi) is 5.78. The van der Waals surface area contributed by atoms with Gasteiger partial charge >= 0.3 is 0 Å². The molecule has 0 atom stereocenters. The van der Waals surface area contributed by atoms with E-state index in [0.29, 0.717) is 18.7 Å². The van der Waals surface area contributed by atoms with Crippen LogP contribution < -0.4 is 0 Å². The van der Waals surface area contributed by atoms with Crippen molar-refractivity contribution in [3.8, 4) is 10.6 Å². The van der Waals surface area contributed by atoms with Crippen LogP contribution in [-0.4, -0.2) is 46.9 Å². The van der Waals surface area contributed by atoms with E-state index in [1.54, 1.807) is 29.5 Å². The van der Waals surface area contributed by atoms with E-state index in [0.717, 1.165) is 35.9 Å². The second kappa shape index (κ2) is 8.63. The molecular formula is C22H22FN3OS. The molecule has 28 heavy (non-hydrogen) atoms. The van der Waals surface area contributed by atoms with Gasteiger partial charge in [-0.1, -0.05) is 48.5 Å². The van der Waals surface area contributed by atoms with Crippen LogP contribution in [0.15, 0.2) is 60.0 Å². The summed E-state index contributed by atoms with van der Waals surface area (Å²) >= 11 is 1.66. The predicted molar refractivity (Wildman–Crippen MR) is 110 cm³/mol. The fraction of sp³-hybridized carbons (Fsp3) is 0.273. The first kappa shape index (κ1) is 18.8. The number of piperazine rings is 1. The largest absolute Gasteiger partial charge is 0.340 e. The van der Waals surface area contributed by atoms with Gasteiger partial charge < -0.3 is 4.90 Å². The smallest absolute Gasteiger partial charge is 0.227 e. The van der Waals surface area contributed by atoms with Crippen molar-refractivity contribution in [1.29, 1.82) is 0 Å². The molecule has 2 aromatic carbocycles. The van der Waals surface area contributed by atoms with Gasteiger partial charge in [0.15, 0.2) is 0 Å². The molecule has 4 rings (SSSR count). The molecular weight excluding hydrogens is 373 g/mol. The van der Waals surface area contributed by atoms with Crippen molar-refractivity contribution >= 4 is 17.2 Å². The van der Waals surface area contributed by atoms with Crippen molar-refractivity contribution in [1.82, 2.24) is 14.8 Å². The quantitative estimate of drug-likeness (QED) is 0.659. The Hall–Kier alpha value is -2.57. The summed E-state index contributed by atoms with van der Waals surface area (Å²) in [5.74, 6) is -0.322. The fourth-order valence-electron chi connectivity index (χ4n) is 3.39. The number of rotatable bonds is 5. The lowest BCUT2D eigenvalue weighted by Gasteiger charge is -2.34. The SMILES string of the molecule is O=C(Cc1ccccc1F)N1CCN(Cc2csc(-c3ccccc3)n2)CC1. The molecule has 0 spiro atoms. The highest BCUT2D eigenvalue weighted by Crippen LogP contribution is 2.24. The van der Waals surface area contributed by atoms with Crippen LogP contribution in [0.25, 0.3) is 10.6 Å². The first-order chi connectivity index (χ1) is 13.7. The van der Waals surface area contributed by atoms with Crippen LogP contribution in [0.5, 0.6) is 0 Å². The van der Waals surface area contributed by atoms with E-state index in [1.165, 1.54) is 6.07 Å². The van der Waals surface area contributed by atoms with Gasteiger partial charge in [0, 0.05) is 43.7 Å². The number of carbonyl (C=O) groups is 1. The molecule has 0 saturated carbocycles. The Morgan fingerprint density at radius 1 is 1.00 bits per heavy atom. The van der Waals surface area contributed by atoms with Gasteiger partial charge in [-0.25, -0.2) is 9.37 Å². The molecule has 0 radical (unpaired) electrons. The standard InChI is InChI=1S/C22H22FN3OS/c23-20-9-5-4-8-18(20)14-21(27)26-12-10-25(11-13-26)15-19-16-28-22(24-19)17-6-2-1-3-7-17/h1-9,16H,10-15H2. The maximum Gasteiger partial charge on any atom is 0.227 e. The van der Waals surface area contributed by atoms with Gasteiger partial charge in [0.05, 0.1) is 12.1 Å². The van der Waals surface area contributed by atoms with Crippen LogP contribution in [0.2, 0.25) is 0 Å². The van der Waals surface area contributed by atoms with E-state index in [2.05, 4.69) is 22.4 Å². The van der Waals surface area contributed by atoms with Crippen LogP contribution in [0.3, 0.4) is 0 Å². The van der Waals surface area contributed by atoms with Gasteiger partial charge in [-0.3, -0.25) is 9.69 Å². The summed E-state index contributed by atoms with van der Waals surface area (Å²) in [6.45, 7) is 3.74. The molecule has 6 heteroatoms. The molecule has 1 amide bonds. The Balaban J connectivity index is 1.29. The molecule has 1 saturated heterocycles. The zero-order valence-electron chi connectivity index (χ0n) is 15.6. The topological polar surface area (TPSA) is 36.4 Å². The van der Waals surface area contributed by atoms with Crippen molar-refractivity contribution < 1.29 is 9.18 Å². The zero-order chi connectivity index (χ0) is 19.3. The van der Waals surface area contributed by atoms with Crippen molar-refractivity contribution in [3.63, 3.8) is 0 Å². The zero-order valence-corrected chi connectivity index (χ0v) is 16.4. The van der Waals surface area contributed by atoms with Gasteiger partial charge in [0.1, 0.15) is 10.8 Å². The van der Waals surface area contributed by atoms with Gasteiger partial charge in [-0.05, 0) is 11.6 Å². The van der Waals surface area contributed by atoms with E-state index in [4.69, 9.17) is 4.98 Å². The molecule has 0 N–H and O–H groups in total. The Bertz CT molecular complexity index is 936. The maximum absolute atomic E-state index is 13.8. The summed E-state index contributed by atoms with van der Waals surface area (Å²) in [7, 11) is 0. The van der Waals surface area contributed by atoms with Crippen molar-refractivity contribution in [2.24, 2.45) is 0 Å². The van der Waals surface area contributed by atoms with E-state index < -0.39 is 0 Å². The summed E-state index contributed by atoms with van der Waals surface area (Å²) in [6.07, 6.45) is 0.124. The third kappa shape index (κ3) is 4.46. The highest BCUT2D eigenvalue weighted by atomic mass is 32.1. The average molecular weight is 396 g/mol. The van der Waals surface area contributed by atoms with E-state index in [9.17, 15) is 9.18 Å². The molecule has 4 nitrogen and oxygen atoms in total. The summed E-state index contributed by atoms with van der Waals surface area (Å²) in [5, 5.41) is 3.15. The number of halogens is 1. The number of aromatic nitrogens is 1. The Morgan fingerprint density at radius 3 is 2.46 bits per heavy atom. The molecule has 1 aliphatic rings. The number of nitrogens with zero attached hydrogens (tertiary/aromatic N) is 3. The second-order valence-electron chi connectivity index (χ2n) is 6.94. The lowest BCUT2D eigenvalue weighted by Crippen LogP contribution is -2.48. The third-order valence-electron chi connectivity index (χ3n) is 4.98. The van der Waals surface area contributed by atoms with Crippen LogP contribution >= 0.6 is 11.3 Å². The van der Waals surface area contributed by atoms with Crippen LogP contribution in [0.4, 0.5) is 4.39 Å². The molecule has 1 aliphatic heterocycles. The lowest BCUT2D eigenvalue weighted by atomic mass is 10.1. The second-order valence-corrected chi connectivity index (χ2v) is 7.79. The lowest BCUT2D eigenvalue weighted by molar-refractivity contribution is -0.132. The molecule has 3 aromatic rings. The molecule has 0 bridgehead atoms. The van der Waals surface area contributed by atoms with Crippen LogP contribution in [0, 0.1) is 5.82 Å². The first-order valence-electron chi connectivity index (χ1n) is 9.42. The minimum Gasteiger partial charge on any atom is -0.340 e. The Morgan fingerprint density at radius 2 is 1.71 bits per heavy atom. The van der Waals surface area contributed by atoms with E-state index in [1.807, 2.05) is 23.1 Å². The summed E-state index contributed by atoms with van der Waals surface area (Å²) < 4.78 is 13.8. The van der Waals surface area contributed by atoms with Gasteiger partial charge in [-0.15, -0.1) is 11.3 Å². The summed E-state index contributed by atoms with van der Waals surface area (Å²) in [6, 6.07) is 16.7. The van der Waals surface area contributed by atoms with Crippen molar-refractivity contribution in [2.75, 3.05) is 26.2 Å². The minimum atomic E-state index is -0.313. The normalized spacial score (nSPS) is 15.0. The van der Waals surface area contributed by atoms with E-state index >= 15 is 0 Å². The third-order valence-corrected chi connectivity index (χ3v) is 5.92. The minimum absolute atomic E-state index is 0.00947. The molecule has 0 aliphatic carbocycles. The molecule has 1 fully saturated rings. The number of hydrogen-bond acceptors (Lipinski definition) is 4. The highest BCUT2D eigenvalue weighted by Gasteiger charge is 2.22. The molecule has 1 aromatic heterocycles. The predicted octanol–water partition coefficient (Wildman–Crippen LogP) is 3.84. The molecule has 144 valence electrons.